The molecule has 4 amide bonds. The molecule has 26 heavy (non-hydrogen) atoms. The van der Waals surface area contributed by atoms with Gasteiger partial charge in [0.05, 0.1) is 0 Å². The highest BCUT2D eigenvalue weighted by Gasteiger charge is 2.42. The minimum absolute atomic E-state index is 0.00679. The van der Waals surface area contributed by atoms with Gasteiger partial charge in [0, 0.05) is 17.9 Å². The van der Waals surface area contributed by atoms with E-state index in [1.165, 1.54) is 6.08 Å². The zero-order valence-corrected chi connectivity index (χ0v) is 14.9. The number of imide groups is 2. The number of benzene rings is 1. The van der Waals surface area contributed by atoms with Crippen LogP contribution < -0.4 is 21.5 Å². The molecule has 0 aliphatic carbocycles. The van der Waals surface area contributed by atoms with Crippen LogP contribution in [0, 0.1) is 5.92 Å². The topological polar surface area (TPSA) is 103 Å². The van der Waals surface area contributed by atoms with Gasteiger partial charge in [-0.2, -0.15) is 0 Å². The molecule has 0 bridgehead atoms. The van der Waals surface area contributed by atoms with Gasteiger partial charge in [-0.1, -0.05) is 30.4 Å². The van der Waals surface area contributed by atoms with Crippen molar-refractivity contribution in [3.05, 3.63) is 54.8 Å². The van der Waals surface area contributed by atoms with Crippen molar-refractivity contribution in [1.29, 1.82) is 0 Å². The molecule has 1 heterocycles. The Bertz CT molecular complexity index is 763. The Morgan fingerprint density at radius 1 is 1.27 bits per heavy atom. The summed E-state index contributed by atoms with van der Waals surface area (Å²) in [6.45, 7) is 5.17. The number of para-hydroxylation sites is 1. The Kier molecular flexibility index (Phi) is 6.45. The molecule has 1 saturated heterocycles. The number of carbonyl (C=O) groups excluding carboxylic acids is 3. The summed E-state index contributed by atoms with van der Waals surface area (Å²) < 4.78 is 0. The van der Waals surface area contributed by atoms with Crippen molar-refractivity contribution < 1.29 is 14.4 Å². The van der Waals surface area contributed by atoms with E-state index in [2.05, 4.69) is 28.1 Å². The Balaban J connectivity index is 2.03. The van der Waals surface area contributed by atoms with E-state index in [4.69, 9.17) is 12.2 Å². The van der Waals surface area contributed by atoms with Crippen LogP contribution in [0.4, 0.5) is 10.5 Å². The van der Waals surface area contributed by atoms with Gasteiger partial charge in [0.1, 0.15) is 0 Å². The van der Waals surface area contributed by atoms with Crippen LogP contribution in [0.5, 0.6) is 0 Å². The summed E-state index contributed by atoms with van der Waals surface area (Å²) in [5, 5.41) is 5.36. The molecule has 1 aromatic carbocycles. The number of thiocarbonyl (C=S) groups is 1. The first-order valence-corrected chi connectivity index (χ1v) is 8.20. The zero-order chi connectivity index (χ0) is 19.1. The maximum absolute atomic E-state index is 12.5. The monoisotopic (exact) mass is 373 g/mol. The van der Waals surface area contributed by atoms with Gasteiger partial charge in [-0.15, -0.1) is 6.58 Å². The van der Waals surface area contributed by atoms with E-state index in [-0.39, 0.29) is 17.4 Å². The predicted molar refractivity (Wildman–Crippen MR) is 102 cm³/mol. The second kappa shape index (κ2) is 8.77. The molecule has 2 rings (SSSR count). The average Bonchev–Trinajstić information content (AvgIpc) is 2.62. The zero-order valence-electron chi connectivity index (χ0n) is 14.1. The molecule has 1 fully saturated rings. The number of hydrazine groups is 1. The number of amides is 4. The van der Waals surface area contributed by atoms with E-state index < -0.39 is 23.8 Å². The van der Waals surface area contributed by atoms with Crippen LogP contribution in [0.2, 0.25) is 0 Å². The van der Waals surface area contributed by atoms with Crippen molar-refractivity contribution in [2.24, 2.45) is 5.92 Å². The smallest absolute Gasteiger partial charge is 0.331 e. The number of nitrogens with zero attached hydrogens (tertiary/aromatic N) is 1. The van der Waals surface area contributed by atoms with Crippen LogP contribution in [-0.2, 0) is 9.59 Å². The maximum Gasteiger partial charge on any atom is 0.331 e. The third-order valence-electron chi connectivity index (χ3n) is 3.54. The molecule has 9 heteroatoms. The fraction of sp³-hybridized carbons (Fsp3) is 0.176. The molecule has 1 aliphatic rings. The van der Waals surface area contributed by atoms with Crippen LogP contribution in [0.3, 0.4) is 0 Å². The first kappa shape index (κ1) is 19.1. The van der Waals surface area contributed by atoms with Crippen LogP contribution in [-0.4, -0.2) is 34.4 Å². The number of anilines is 1. The minimum atomic E-state index is -1.19. The van der Waals surface area contributed by atoms with Crippen molar-refractivity contribution in [3.63, 3.8) is 0 Å². The number of rotatable bonds is 6. The van der Waals surface area contributed by atoms with E-state index in [1.807, 2.05) is 30.3 Å². The lowest BCUT2D eigenvalue weighted by atomic mass is 10.0. The van der Waals surface area contributed by atoms with Gasteiger partial charge in [0.25, 0.3) is 0 Å². The van der Waals surface area contributed by atoms with Gasteiger partial charge < -0.3 is 10.7 Å². The van der Waals surface area contributed by atoms with Crippen LogP contribution >= 0.6 is 12.2 Å². The van der Waals surface area contributed by atoms with Crippen LogP contribution in [0.1, 0.15) is 6.92 Å². The van der Waals surface area contributed by atoms with Crippen LogP contribution in [0.25, 0.3) is 0 Å². The predicted octanol–water partition coefficient (Wildman–Crippen LogP) is 1.26. The van der Waals surface area contributed by atoms with E-state index in [0.717, 1.165) is 10.6 Å². The summed E-state index contributed by atoms with van der Waals surface area (Å²) in [6, 6.07) is 8.49. The number of allylic oxidation sites excluding steroid dienone is 1. The summed E-state index contributed by atoms with van der Waals surface area (Å²) in [4.78, 5) is 37.3. The Hall–Kier alpha value is -3.20. The van der Waals surface area contributed by atoms with Gasteiger partial charge in [-0.25, -0.2) is 4.79 Å². The summed E-state index contributed by atoms with van der Waals surface area (Å²) >= 11 is 5.17. The molecular weight excluding hydrogens is 354 g/mol. The first-order valence-electron chi connectivity index (χ1n) is 7.79. The van der Waals surface area contributed by atoms with E-state index in [9.17, 15) is 14.4 Å². The molecule has 1 aromatic rings. The number of hydrogen-bond acceptors (Lipinski definition) is 5. The maximum atomic E-state index is 12.5. The van der Waals surface area contributed by atoms with Crippen molar-refractivity contribution in [2.75, 3.05) is 11.9 Å². The molecule has 0 aromatic heterocycles. The molecule has 8 nitrogen and oxygen atoms in total. The molecule has 1 aliphatic heterocycles. The average molecular weight is 373 g/mol. The van der Waals surface area contributed by atoms with Crippen molar-refractivity contribution in [1.82, 2.24) is 21.1 Å². The van der Waals surface area contributed by atoms with E-state index >= 15 is 0 Å². The van der Waals surface area contributed by atoms with Crippen LogP contribution in [0.15, 0.2) is 54.8 Å². The summed E-state index contributed by atoms with van der Waals surface area (Å²) in [7, 11) is 0. The largest absolute Gasteiger partial charge is 0.331 e. The Morgan fingerprint density at radius 3 is 2.58 bits per heavy atom. The Labute approximate surface area is 156 Å². The number of nitrogens with one attached hydrogen (secondary N) is 4. The summed E-state index contributed by atoms with van der Waals surface area (Å²) in [5.41, 5.74) is 6.53. The number of barbiturate groups is 1. The highest BCUT2D eigenvalue weighted by Crippen LogP contribution is 2.17. The first-order chi connectivity index (χ1) is 12.5. The third kappa shape index (κ3) is 4.45. The fourth-order valence-electron chi connectivity index (χ4n) is 2.31. The van der Waals surface area contributed by atoms with Crippen molar-refractivity contribution >= 4 is 40.9 Å². The normalized spacial score (nSPS) is 17.4. The van der Waals surface area contributed by atoms with Gasteiger partial charge in [0.2, 0.25) is 11.8 Å². The molecule has 0 unspecified atom stereocenters. The minimum Gasteiger partial charge on any atom is -0.331 e. The lowest BCUT2D eigenvalue weighted by molar-refractivity contribution is -0.140. The molecule has 0 saturated carbocycles. The molecule has 136 valence electrons. The molecule has 0 radical (unpaired) electrons. The molecule has 0 spiro atoms. The molecule has 4 N–H and O–H groups in total. The third-order valence-corrected chi connectivity index (χ3v) is 3.74. The highest BCUT2D eigenvalue weighted by molar-refractivity contribution is 7.80. The standard InChI is InChI=1S/C17H19N5O3S/c1-3-10-22-15(24)13(14(23)19-17(22)25)12(4-2)20-21-16(26)18-11-8-6-5-7-9-11/h3-9,13,20H,1,10H2,2H3,(H2,18,21,26)(H,19,23,25)/b12-4+/t13-/m0/s1. The lowest BCUT2D eigenvalue weighted by Crippen LogP contribution is -2.60. The van der Waals surface area contributed by atoms with Crippen molar-refractivity contribution in [3.8, 4) is 0 Å². The summed E-state index contributed by atoms with van der Waals surface area (Å²) in [5.74, 6) is -2.53. The number of carbonyl (C=O) groups is 3. The van der Waals surface area contributed by atoms with Gasteiger partial charge in [0.15, 0.2) is 11.0 Å². The van der Waals surface area contributed by atoms with E-state index in [1.54, 1.807) is 13.0 Å². The van der Waals surface area contributed by atoms with Gasteiger partial charge >= 0.3 is 6.03 Å². The fourth-order valence-corrected chi connectivity index (χ4v) is 2.48. The highest BCUT2D eigenvalue weighted by atomic mass is 32.1. The quantitative estimate of drug-likeness (QED) is 0.258. The van der Waals surface area contributed by atoms with E-state index in [0.29, 0.717) is 0 Å². The second-order valence-corrected chi connectivity index (χ2v) is 5.69. The molecular formula is C17H19N5O3S. The second-order valence-electron chi connectivity index (χ2n) is 5.28. The Morgan fingerprint density at radius 2 is 1.96 bits per heavy atom. The lowest BCUT2D eigenvalue weighted by Gasteiger charge is -2.31. The SMILES string of the molecule is C=CCN1C(=O)NC(=O)[C@H](/C(=C\C)NNC(=S)Nc2ccccc2)C1=O. The molecule has 1 atom stereocenters. The number of hydrogen-bond donors (Lipinski definition) is 4. The van der Waals surface area contributed by atoms with Crippen molar-refractivity contribution in [2.45, 2.75) is 6.92 Å². The van der Waals surface area contributed by atoms with Gasteiger partial charge in [-0.3, -0.25) is 25.2 Å². The van der Waals surface area contributed by atoms with Gasteiger partial charge in [-0.05, 0) is 31.3 Å². The summed E-state index contributed by atoms with van der Waals surface area (Å²) in [6.07, 6.45) is 2.96. The number of urea groups is 1.